The first-order chi connectivity index (χ1) is 11.4. The summed E-state index contributed by atoms with van der Waals surface area (Å²) in [5.74, 6) is 0.704. The Morgan fingerprint density at radius 3 is 2.96 bits per heavy atom. The van der Waals surface area contributed by atoms with Gasteiger partial charge in [0.1, 0.15) is 12.2 Å². The zero-order chi connectivity index (χ0) is 16.8. The van der Waals surface area contributed by atoms with Crippen LogP contribution in [0, 0.1) is 5.92 Å². The second kappa shape index (κ2) is 4.41. The lowest BCUT2D eigenvalue weighted by molar-refractivity contribution is -0.0453. The number of Topliss-reactive ketones (excluding diaryl/α,β-unsaturated/α-hetero) is 1. The highest BCUT2D eigenvalue weighted by Crippen LogP contribution is 2.62. The maximum atomic E-state index is 12.2. The molecule has 5 nitrogen and oxygen atoms in total. The fourth-order valence-corrected chi connectivity index (χ4v) is 5.64. The Balaban J connectivity index is 1.87. The van der Waals surface area contributed by atoms with Gasteiger partial charge >= 0.3 is 0 Å². The molecule has 2 bridgehead atoms. The number of aliphatic hydroxyl groups excluding tert-OH is 1. The molecule has 1 aromatic rings. The molecular formula is C19H21NO4. The molecule has 0 radical (unpaired) electrons. The number of ether oxygens (including phenoxy) is 1. The predicted molar refractivity (Wildman–Crippen MR) is 87.6 cm³/mol. The summed E-state index contributed by atoms with van der Waals surface area (Å²) in [7, 11) is 2.13. The van der Waals surface area contributed by atoms with E-state index in [0.717, 1.165) is 30.5 Å². The summed E-state index contributed by atoms with van der Waals surface area (Å²) in [5, 5.41) is 21.0. The minimum atomic E-state index is -0.691. The van der Waals surface area contributed by atoms with Crippen LogP contribution in [0.2, 0.25) is 0 Å². The monoisotopic (exact) mass is 327 g/mol. The number of hydrogen-bond donors (Lipinski definition) is 2. The second-order valence-corrected chi connectivity index (χ2v) is 7.66. The first kappa shape index (κ1) is 14.5. The largest absolute Gasteiger partial charge is 0.504 e. The van der Waals surface area contributed by atoms with Gasteiger partial charge in [-0.05, 0) is 45.0 Å². The highest BCUT2D eigenvalue weighted by molar-refractivity contribution is 5.97. The topological polar surface area (TPSA) is 70.0 Å². The number of carbonyl (C=O) groups excluding carboxylic acids is 1. The standard InChI is InChI=1S/C19H21NO4/c1-9(21)10-8-15(23)17-16-11(10)7-13-12-3-4-14(22)18(24-17)19(12,16)5-6-20(13)2/h3-4,8,12-14,18,22-23H,5-7H2,1-2H3/t12-,13+,14-,18-,19-/m0/s1. The number of rotatable bonds is 1. The molecular weight excluding hydrogens is 306 g/mol. The van der Waals surface area contributed by atoms with Gasteiger partial charge in [-0.15, -0.1) is 0 Å². The van der Waals surface area contributed by atoms with Crippen molar-refractivity contribution in [1.29, 1.82) is 0 Å². The van der Waals surface area contributed by atoms with Crippen molar-refractivity contribution < 1.29 is 19.7 Å². The van der Waals surface area contributed by atoms with Crippen LogP contribution in [0.25, 0.3) is 0 Å². The Hall–Kier alpha value is -1.85. The number of piperidine rings is 1. The van der Waals surface area contributed by atoms with Gasteiger partial charge in [0.15, 0.2) is 17.3 Å². The lowest BCUT2D eigenvalue weighted by atomic mass is 9.53. The molecule has 4 aliphatic rings. The zero-order valence-corrected chi connectivity index (χ0v) is 13.8. The third-order valence-corrected chi connectivity index (χ3v) is 6.66. The Morgan fingerprint density at radius 1 is 1.42 bits per heavy atom. The molecule has 0 amide bonds. The molecule has 1 fully saturated rings. The Kier molecular flexibility index (Phi) is 2.66. The molecule has 5 rings (SSSR count). The van der Waals surface area contributed by atoms with Crippen LogP contribution in [0.3, 0.4) is 0 Å². The van der Waals surface area contributed by atoms with Crippen LogP contribution < -0.4 is 4.74 Å². The summed E-state index contributed by atoms with van der Waals surface area (Å²) in [6.07, 6.45) is 4.52. The molecule has 1 spiro atoms. The minimum Gasteiger partial charge on any atom is -0.504 e. The quantitative estimate of drug-likeness (QED) is 0.603. The van der Waals surface area contributed by atoms with E-state index in [9.17, 15) is 15.0 Å². The average molecular weight is 327 g/mol. The molecule has 5 heteroatoms. The van der Waals surface area contributed by atoms with E-state index in [-0.39, 0.29) is 35.0 Å². The average Bonchev–Trinajstić information content (AvgIpc) is 2.89. The molecule has 0 unspecified atom stereocenters. The molecule has 126 valence electrons. The van der Waals surface area contributed by atoms with Gasteiger partial charge in [-0.1, -0.05) is 12.2 Å². The van der Waals surface area contributed by atoms with Gasteiger partial charge in [0.2, 0.25) is 0 Å². The molecule has 2 aliphatic heterocycles. The number of hydrogen-bond acceptors (Lipinski definition) is 5. The number of aromatic hydroxyl groups is 1. The van der Waals surface area contributed by atoms with E-state index in [0.29, 0.717) is 11.3 Å². The van der Waals surface area contributed by atoms with Crippen LogP contribution in [0.1, 0.15) is 34.8 Å². The molecule has 5 atom stereocenters. The van der Waals surface area contributed by atoms with Crippen molar-refractivity contribution in [3.63, 3.8) is 0 Å². The minimum absolute atomic E-state index is 0.0195. The highest BCUT2D eigenvalue weighted by Gasteiger charge is 2.64. The lowest BCUT2D eigenvalue weighted by Gasteiger charge is -2.56. The van der Waals surface area contributed by atoms with Crippen LogP contribution in [0.4, 0.5) is 0 Å². The molecule has 1 aromatic carbocycles. The molecule has 2 heterocycles. The Morgan fingerprint density at radius 2 is 2.21 bits per heavy atom. The van der Waals surface area contributed by atoms with Gasteiger partial charge < -0.3 is 19.8 Å². The van der Waals surface area contributed by atoms with Crippen LogP contribution in [0.5, 0.6) is 11.5 Å². The van der Waals surface area contributed by atoms with Crippen molar-refractivity contribution in [2.45, 2.75) is 43.4 Å². The summed E-state index contributed by atoms with van der Waals surface area (Å²) in [5.41, 5.74) is 2.25. The van der Waals surface area contributed by atoms with Crippen molar-refractivity contribution in [1.82, 2.24) is 4.90 Å². The summed E-state index contributed by atoms with van der Waals surface area (Å²) in [6.45, 7) is 2.47. The van der Waals surface area contributed by atoms with E-state index >= 15 is 0 Å². The van der Waals surface area contributed by atoms with Gasteiger partial charge in [-0.2, -0.15) is 0 Å². The number of phenols is 1. The number of ketones is 1. The fourth-order valence-electron chi connectivity index (χ4n) is 5.64. The molecule has 1 saturated heterocycles. The van der Waals surface area contributed by atoms with E-state index in [2.05, 4.69) is 18.0 Å². The molecule has 24 heavy (non-hydrogen) atoms. The van der Waals surface area contributed by atoms with Crippen molar-refractivity contribution in [3.05, 3.63) is 34.9 Å². The third kappa shape index (κ3) is 1.46. The van der Waals surface area contributed by atoms with E-state index < -0.39 is 6.10 Å². The summed E-state index contributed by atoms with van der Waals surface area (Å²) in [4.78, 5) is 14.5. The number of likely N-dealkylation sites (tertiary alicyclic amines) is 1. The van der Waals surface area contributed by atoms with Gasteiger partial charge in [0, 0.05) is 28.5 Å². The van der Waals surface area contributed by atoms with Gasteiger partial charge in [0.25, 0.3) is 0 Å². The van der Waals surface area contributed by atoms with Crippen molar-refractivity contribution >= 4 is 5.78 Å². The molecule has 2 aliphatic carbocycles. The molecule has 2 N–H and O–H groups in total. The van der Waals surface area contributed by atoms with Crippen molar-refractivity contribution in [3.8, 4) is 11.5 Å². The Bertz CT molecular complexity index is 801. The van der Waals surface area contributed by atoms with Crippen LogP contribution in [-0.2, 0) is 11.8 Å². The predicted octanol–water partition coefficient (Wildman–Crippen LogP) is 1.40. The number of carbonyl (C=O) groups is 1. The summed E-state index contributed by atoms with van der Waals surface area (Å²) < 4.78 is 6.11. The number of aliphatic hydroxyl groups is 1. The van der Waals surface area contributed by atoms with E-state index in [1.165, 1.54) is 0 Å². The summed E-state index contributed by atoms with van der Waals surface area (Å²) >= 11 is 0. The van der Waals surface area contributed by atoms with Crippen LogP contribution in [-0.4, -0.2) is 52.7 Å². The maximum Gasteiger partial charge on any atom is 0.165 e. The first-order valence-corrected chi connectivity index (χ1v) is 8.58. The SMILES string of the molecule is CC(=O)c1cc(O)c2c3c1C[C@@H]1[C@@H]4C=C[C@H](O)[C@H](O2)[C@]34CCN1C. The van der Waals surface area contributed by atoms with Gasteiger partial charge in [0.05, 0.1) is 0 Å². The lowest BCUT2D eigenvalue weighted by Crippen LogP contribution is -2.64. The van der Waals surface area contributed by atoms with E-state index in [1.54, 1.807) is 13.0 Å². The van der Waals surface area contributed by atoms with Crippen molar-refractivity contribution in [2.75, 3.05) is 13.6 Å². The number of nitrogens with zero attached hydrogens (tertiary/aromatic N) is 1. The van der Waals surface area contributed by atoms with E-state index in [1.807, 2.05) is 6.08 Å². The first-order valence-electron chi connectivity index (χ1n) is 8.58. The molecule has 0 aromatic heterocycles. The van der Waals surface area contributed by atoms with Crippen molar-refractivity contribution in [2.24, 2.45) is 5.92 Å². The zero-order valence-electron chi connectivity index (χ0n) is 13.8. The van der Waals surface area contributed by atoms with Gasteiger partial charge in [-0.3, -0.25) is 4.79 Å². The van der Waals surface area contributed by atoms with Crippen LogP contribution in [0.15, 0.2) is 18.2 Å². The Labute approximate surface area is 140 Å². The van der Waals surface area contributed by atoms with Gasteiger partial charge in [-0.25, -0.2) is 0 Å². The number of phenolic OH excluding ortho intramolecular Hbond substituents is 1. The number of benzene rings is 1. The third-order valence-electron chi connectivity index (χ3n) is 6.66. The number of likely N-dealkylation sites (N-methyl/N-ethyl adjacent to an activating group) is 1. The van der Waals surface area contributed by atoms with E-state index in [4.69, 9.17) is 4.74 Å². The fraction of sp³-hybridized carbons (Fsp3) is 0.526. The maximum absolute atomic E-state index is 12.2. The second-order valence-electron chi connectivity index (χ2n) is 7.66. The highest BCUT2D eigenvalue weighted by atomic mass is 16.5. The smallest absolute Gasteiger partial charge is 0.165 e. The normalized spacial score (nSPS) is 38.6. The molecule has 0 saturated carbocycles. The summed E-state index contributed by atoms with van der Waals surface area (Å²) in [6, 6.07) is 1.83. The van der Waals surface area contributed by atoms with Crippen LogP contribution >= 0.6 is 0 Å².